The second-order valence-electron chi connectivity index (χ2n) is 6.76. The molecule has 8 heteroatoms. The van der Waals surface area contributed by atoms with Crippen LogP contribution in [0.3, 0.4) is 0 Å². The Morgan fingerprint density at radius 3 is 2.78 bits per heavy atom. The van der Waals surface area contributed by atoms with Crippen molar-refractivity contribution in [2.24, 2.45) is 0 Å². The second kappa shape index (κ2) is 9.12. The van der Waals surface area contributed by atoms with Crippen LogP contribution in [0.25, 0.3) is 0 Å². The lowest BCUT2D eigenvalue weighted by atomic mass is 10.1. The van der Waals surface area contributed by atoms with Crippen molar-refractivity contribution in [3.05, 3.63) is 46.4 Å². The van der Waals surface area contributed by atoms with E-state index in [4.69, 9.17) is 0 Å². The predicted molar refractivity (Wildman–Crippen MR) is 104 cm³/mol. The van der Waals surface area contributed by atoms with Gasteiger partial charge in [-0.15, -0.1) is 0 Å². The Morgan fingerprint density at radius 2 is 2.04 bits per heavy atom. The summed E-state index contributed by atoms with van der Waals surface area (Å²) in [5.74, 6) is -0.640. The van der Waals surface area contributed by atoms with Crippen molar-refractivity contribution >= 4 is 33.4 Å². The molecular weight excluding hydrogens is 415 g/mol. The highest BCUT2D eigenvalue weighted by Gasteiger charge is 2.17. The number of anilines is 1. The van der Waals surface area contributed by atoms with Gasteiger partial charge in [-0.05, 0) is 37.0 Å². The number of carbonyl (C=O) groups excluding carboxylic acids is 2. The third kappa shape index (κ3) is 5.89. The minimum absolute atomic E-state index is 0.0754. The standard InChI is InChI=1S/C19H22BrFN4O2/c20-14-7-5-13(17(21)9-14)6-8-18(26)24-16-10-22-25(11-16)12-19(27)23-15-3-1-2-4-15/h5,7,9-11,15H,1-4,6,8,12H2,(H,23,27)(H,24,26). The highest BCUT2D eigenvalue weighted by molar-refractivity contribution is 9.10. The molecule has 1 aliphatic rings. The van der Waals surface area contributed by atoms with Gasteiger partial charge in [0.15, 0.2) is 0 Å². The zero-order chi connectivity index (χ0) is 19.2. The van der Waals surface area contributed by atoms with Crippen LogP contribution in [0.15, 0.2) is 35.1 Å². The number of hydrogen-bond acceptors (Lipinski definition) is 3. The Kier molecular flexibility index (Phi) is 6.60. The summed E-state index contributed by atoms with van der Waals surface area (Å²) < 4.78 is 15.9. The van der Waals surface area contributed by atoms with Crippen molar-refractivity contribution < 1.29 is 14.0 Å². The number of benzene rings is 1. The van der Waals surface area contributed by atoms with E-state index in [1.807, 2.05) is 0 Å². The molecule has 0 radical (unpaired) electrons. The van der Waals surface area contributed by atoms with Gasteiger partial charge in [0, 0.05) is 23.1 Å². The first-order valence-corrected chi connectivity index (χ1v) is 9.84. The number of halogens is 2. The quantitative estimate of drug-likeness (QED) is 0.697. The summed E-state index contributed by atoms with van der Waals surface area (Å²) in [5, 5.41) is 9.82. The van der Waals surface area contributed by atoms with Crippen molar-refractivity contribution in [3.63, 3.8) is 0 Å². The Bertz CT molecular complexity index is 818. The molecule has 0 atom stereocenters. The van der Waals surface area contributed by atoms with Crippen LogP contribution in [0, 0.1) is 5.82 Å². The fraction of sp³-hybridized carbons (Fsp3) is 0.421. The normalized spacial score (nSPS) is 14.3. The van der Waals surface area contributed by atoms with Gasteiger partial charge in [0.1, 0.15) is 12.4 Å². The lowest BCUT2D eigenvalue weighted by molar-refractivity contribution is -0.122. The Morgan fingerprint density at radius 1 is 1.26 bits per heavy atom. The molecule has 27 heavy (non-hydrogen) atoms. The molecule has 1 aromatic carbocycles. The SMILES string of the molecule is O=C(CCc1ccc(Br)cc1F)Nc1cnn(CC(=O)NC2CCCC2)c1. The van der Waals surface area contributed by atoms with Crippen molar-refractivity contribution in [3.8, 4) is 0 Å². The highest BCUT2D eigenvalue weighted by Crippen LogP contribution is 2.18. The maximum Gasteiger partial charge on any atom is 0.241 e. The van der Waals surface area contributed by atoms with Gasteiger partial charge in [-0.2, -0.15) is 5.10 Å². The number of rotatable bonds is 7. The van der Waals surface area contributed by atoms with Crippen molar-refractivity contribution in [2.45, 2.75) is 51.1 Å². The van der Waals surface area contributed by atoms with E-state index in [1.165, 1.54) is 16.9 Å². The van der Waals surface area contributed by atoms with Crippen LogP contribution in [-0.4, -0.2) is 27.6 Å². The molecule has 0 aliphatic heterocycles. The van der Waals surface area contributed by atoms with Crippen molar-refractivity contribution in [1.29, 1.82) is 0 Å². The van der Waals surface area contributed by atoms with Crippen molar-refractivity contribution in [1.82, 2.24) is 15.1 Å². The molecule has 1 fully saturated rings. The third-order valence-electron chi connectivity index (χ3n) is 4.58. The van der Waals surface area contributed by atoms with Gasteiger partial charge in [-0.1, -0.05) is 34.8 Å². The molecule has 0 spiro atoms. The number of nitrogens with one attached hydrogen (secondary N) is 2. The molecule has 1 saturated carbocycles. The summed E-state index contributed by atoms with van der Waals surface area (Å²) in [5.41, 5.74) is 1.01. The molecule has 2 amide bonds. The number of nitrogens with zero attached hydrogens (tertiary/aromatic N) is 2. The van der Waals surface area contributed by atoms with Crippen molar-refractivity contribution in [2.75, 3.05) is 5.32 Å². The van der Waals surface area contributed by atoms with Crippen LogP contribution in [0.2, 0.25) is 0 Å². The van der Waals surface area contributed by atoms with Gasteiger partial charge >= 0.3 is 0 Å². The lowest BCUT2D eigenvalue weighted by Crippen LogP contribution is -2.35. The minimum Gasteiger partial charge on any atom is -0.352 e. The first-order chi connectivity index (χ1) is 13.0. The molecule has 2 aromatic rings. The molecule has 1 aliphatic carbocycles. The van der Waals surface area contributed by atoms with E-state index in [0.29, 0.717) is 22.1 Å². The van der Waals surface area contributed by atoms with Crippen LogP contribution in [0.5, 0.6) is 0 Å². The summed E-state index contributed by atoms with van der Waals surface area (Å²) >= 11 is 3.21. The Hall–Kier alpha value is -2.22. The number of amides is 2. The second-order valence-corrected chi connectivity index (χ2v) is 7.68. The zero-order valence-electron chi connectivity index (χ0n) is 14.9. The van der Waals surface area contributed by atoms with Crippen LogP contribution < -0.4 is 10.6 Å². The van der Waals surface area contributed by atoms with Gasteiger partial charge in [-0.25, -0.2) is 4.39 Å². The lowest BCUT2D eigenvalue weighted by Gasteiger charge is -2.11. The minimum atomic E-state index is -0.335. The molecule has 2 N–H and O–H groups in total. The predicted octanol–water partition coefficient (Wildman–Crippen LogP) is 3.41. The summed E-state index contributed by atoms with van der Waals surface area (Å²) in [6.07, 6.45) is 7.97. The van der Waals surface area contributed by atoms with E-state index >= 15 is 0 Å². The Balaban J connectivity index is 1.45. The fourth-order valence-electron chi connectivity index (χ4n) is 3.20. The van der Waals surface area contributed by atoms with E-state index in [0.717, 1.165) is 25.7 Å². The number of aryl methyl sites for hydroxylation is 1. The van der Waals surface area contributed by atoms with Crippen LogP contribution in [0.4, 0.5) is 10.1 Å². The molecule has 0 unspecified atom stereocenters. The summed E-state index contributed by atoms with van der Waals surface area (Å²) in [4.78, 5) is 24.1. The highest BCUT2D eigenvalue weighted by atomic mass is 79.9. The monoisotopic (exact) mass is 436 g/mol. The molecule has 1 heterocycles. The third-order valence-corrected chi connectivity index (χ3v) is 5.07. The summed E-state index contributed by atoms with van der Waals surface area (Å²) in [7, 11) is 0. The molecule has 0 bridgehead atoms. The average molecular weight is 437 g/mol. The largest absolute Gasteiger partial charge is 0.352 e. The van der Waals surface area contributed by atoms with Crippen LogP contribution in [-0.2, 0) is 22.6 Å². The smallest absolute Gasteiger partial charge is 0.241 e. The van der Waals surface area contributed by atoms with E-state index in [2.05, 4.69) is 31.7 Å². The first kappa shape index (κ1) is 19.5. The Labute approximate surface area is 165 Å². The number of aromatic nitrogens is 2. The van der Waals surface area contributed by atoms with E-state index in [-0.39, 0.29) is 36.6 Å². The van der Waals surface area contributed by atoms with Crippen LogP contribution in [0.1, 0.15) is 37.7 Å². The number of carbonyl (C=O) groups is 2. The molecule has 0 saturated heterocycles. The maximum atomic E-state index is 13.8. The van der Waals surface area contributed by atoms with Gasteiger partial charge in [0.25, 0.3) is 0 Å². The molecule has 3 rings (SSSR count). The van der Waals surface area contributed by atoms with E-state index < -0.39 is 0 Å². The molecule has 144 valence electrons. The first-order valence-electron chi connectivity index (χ1n) is 9.05. The number of hydrogen-bond donors (Lipinski definition) is 2. The molecular formula is C19H22BrFN4O2. The van der Waals surface area contributed by atoms with Gasteiger partial charge < -0.3 is 10.6 Å². The molecule has 1 aromatic heterocycles. The molecule has 6 nitrogen and oxygen atoms in total. The zero-order valence-corrected chi connectivity index (χ0v) is 16.5. The summed E-state index contributed by atoms with van der Waals surface area (Å²) in [6.45, 7) is 0.122. The van der Waals surface area contributed by atoms with Gasteiger partial charge in [0.2, 0.25) is 11.8 Å². The van der Waals surface area contributed by atoms with Gasteiger partial charge in [0.05, 0.1) is 11.9 Å². The maximum absolute atomic E-state index is 13.8. The van der Waals surface area contributed by atoms with E-state index in [9.17, 15) is 14.0 Å². The average Bonchev–Trinajstić information content (AvgIpc) is 3.26. The van der Waals surface area contributed by atoms with E-state index in [1.54, 1.807) is 18.3 Å². The van der Waals surface area contributed by atoms with Crippen LogP contribution >= 0.6 is 15.9 Å². The summed E-state index contributed by atoms with van der Waals surface area (Å²) in [6, 6.07) is 5.06. The van der Waals surface area contributed by atoms with Gasteiger partial charge in [-0.3, -0.25) is 14.3 Å². The topological polar surface area (TPSA) is 76.0 Å². The fourth-order valence-corrected chi connectivity index (χ4v) is 3.53.